The quantitative estimate of drug-likeness (QED) is 0.852. The van der Waals surface area contributed by atoms with Gasteiger partial charge in [0.2, 0.25) is 15.9 Å². The van der Waals surface area contributed by atoms with Gasteiger partial charge in [-0.2, -0.15) is 4.31 Å². The molecule has 0 radical (unpaired) electrons. The van der Waals surface area contributed by atoms with Crippen LogP contribution in [0.3, 0.4) is 0 Å². The first kappa shape index (κ1) is 16.5. The Labute approximate surface area is 138 Å². The Bertz CT molecular complexity index is 715. The minimum atomic E-state index is -3.45. The molecule has 0 N–H and O–H groups in total. The van der Waals surface area contributed by atoms with Crippen LogP contribution < -0.4 is 4.90 Å². The smallest absolute Gasteiger partial charge is 0.243 e. The van der Waals surface area contributed by atoms with E-state index >= 15 is 0 Å². The summed E-state index contributed by atoms with van der Waals surface area (Å²) >= 11 is 0. The number of anilines is 1. The summed E-state index contributed by atoms with van der Waals surface area (Å²) in [5.41, 5.74) is 1.80. The van der Waals surface area contributed by atoms with E-state index in [4.69, 9.17) is 0 Å². The zero-order valence-electron chi connectivity index (χ0n) is 13.8. The minimum Gasteiger partial charge on any atom is -0.312 e. The lowest BCUT2D eigenvalue weighted by Crippen LogP contribution is -2.43. The fraction of sp³-hybridized carbons (Fsp3) is 0.588. The summed E-state index contributed by atoms with van der Waals surface area (Å²) in [4.78, 5) is 13.7. The molecule has 0 saturated carbocycles. The molecule has 126 valence electrons. The first-order valence-electron chi connectivity index (χ1n) is 8.38. The highest BCUT2D eigenvalue weighted by atomic mass is 32.2. The first-order valence-corrected chi connectivity index (χ1v) is 9.82. The Morgan fingerprint density at radius 3 is 2.74 bits per heavy atom. The van der Waals surface area contributed by atoms with Crippen LogP contribution in [0.4, 0.5) is 5.69 Å². The molecule has 2 aliphatic rings. The van der Waals surface area contributed by atoms with Crippen LogP contribution in [0, 0.1) is 0 Å². The average Bonchev–Trinajstić information content (AvgIpc) is 2.98. The molecule has 1 saturated heterocycles. The van der Waals surface area contributed by atoms with Gasteiger partial charge in [0.15, 0.2) is 0 Å². The van der Waals surface area contributed by atoms with Crippen LogP contribution in [0.5, 0.6) is 0 Å². The van der Waals surface area contributed by atoms with Crippen LogP contribution in [0.2, 0.25) is 0 Å². The van der Waals surface area contributed by atoms with Crippen molar-refractivity contribution in [2.24, 2.45) is 0 Å². The van der Waals surface area contributed by atoms with E-state index in [1.165, 1.54) is 0 Å². The van der Waals surface area contributed by atoms with Crippen molar-refractivity contribution in [3.05, 3.63) is 23.8 Å². The van der Waals surface area contributed by atoms with Gasteiger partial charge in [0.25, 0.3) is 0 Å². The second-order valence-corrected chi connectivity index (χ2v) is 8.28. The van der Waals surface area contributed by atoms with Crippen molar-refractivity contribution in [2.75, 3.05) is 18.0 Å². The van der Waals surface area contributed by atoms with Crippen LogP contribution in [-0.2, 0) is 21.2 Å². The Balaban J connectivity index is 1.94. The molecule has 1 aromatic carbocycles. The molecule has 2 aliphatic heterocycles. The molecule has 1 fully saturated rings. The number of nitrogens with zero attached hydrogens (tertiary/aromatic N) is 2. The van der Waals surface area contributed by atoms with Gasteiger partial charge in [-0.25, -0.2) is 8.42 Å². The van der Waals surface area contributed by atoms with Crippen molar-refractivity contribution in [1.29, 1.82) is 0 Å². The number of hydrogen-bond acceptors (Lipinski definition) is 3. The van der Waals surface area contributed by atoms with Gasteiger partial charge < -0.3 is 4.90 Å². The van der Waals surface area contributed by atoms with Gasteiger partial charge in [-0.1, -0.05) is 13.3 Å². The highest BCUT2D eigenvalue weighted by molar-refractivity contribution is 7.89. The molecular weight excluding hydrogens is 312 g/mol. The van der Waals surface area contributed by atoms with Crippen molar-refractivity contribution in [3.63, 3.8) is 0 Å². The van der Waals surface area contributed by atoms with E-state index in [1.807, 2.05) is 6.92 Å². The normalized spacial score (nSPS) is 22.2. The molecule has 0 aliphatic carbocycles. The molecule has 2 heterocycles. The third-order valence-electron chi connectivity index (χ3n) is 4.98. The molecule has 0 unspecified atom stereocenters. The van der Waals surface area contributed by atoms with Crippen molar-refractivity contribution >= 4 is 21.6 Å². The molecule has 1 aromatic rings. The largest absolute Gasteiger partial charge is 0.312 e. The molecule has 1 atom stereocenters. The number of benzene rings is 1. The van der Waals surface area contributed by atoms with Crippen LogP contribution >= 0.6 is 0 Å². The summed E-state index contributed by atoms with van der Waals surface area (Å²) in [7, 11) is -3.45. The van der Waals surface area contributed by atoms with Gasteiger partial charge in [-0.15, -0.1) is 0 Å². The lowest BCUT2D eigenvalue weighted by Gasteiger charge is -2.34. The van der Waals surface area contributed by atoms with E-state index in [0.29, 0.717) is 18.0 Å². The number of sulfonamides is 1. The Hall–Kier alpha value is -1.40. The van der Waals surface area contributed by atoms with Crippen LogP contribution in [0.25, 0.3) is 0 Å². The molecule has 1 amide bonds. The summed E-state index contributed by atoms with van der Waals surface area (Å²) in [5.74, 6) is 0.00133. The summed E-state index contributed by atoms with van der Waals surface area (Å²) in [6.45, 7) is 4.83. The zero-order chi connectivity index (χ0) is 16.6. The van der Waals surface area contributed by atoms with E-state index < -0.39 is 10.0 Å². The number of carbonyl (C=O) groups excluding carboxylic acids is 1. The van der Waals surface area contributed by atoms with Crippen LogP contribution in [0.15, 0.2) is 23.1 Å². The monoisotopic (exact) mass is 336 g/mol. The van der Waals surface area contributed by atoms with Crippen molar-refractivity contribution < 1.29 is 13.2 Å². The van der Waals surface area contributed by atoms with Crippen molar-refractivity contribution in [1.82, 2.24) is 4.31 Å². The third kappa shape index (κ3) is 2.90. The number of fused-ring (bicyclic) bond motifs is 1. The van der Waals surface area contributed by atoms with Gasteiger partial charge in [0.1, 0.15) is 0 Å². The molecule has 23 heavy (non-hydrogen) atoms. The van der Waals surface area contributed by atoms with E-state index in [9.17, 15) is 13.2 Å². The summed E-state index contributed by atoms with van der Waals surface area (Å²) < 4.78 is 27.7. The molecule has 3 rings (SSSR count). The maximum absolute atomic E-state index is 13.0. The second kappa shape index (κ2) is 6.24. The van der Waals surface area contributed by atoms with E-state index in [0.717, 1.165) is 43.4 Å². The molecule has 5 nitrogen and oxygen atoms in total. The first-order chi connectivity index (χ1) is 10.9. The van der Waals surface area contributed by atoms with E-state index in [2.05, 4.69) is 0 Å². The number of hydrogen-bond donors (Lipinski definition) is 0. The highest BCUT2D eigenvalue weighted by Crippen LogP contribution is 2.33. The van der Waals surface area contributed by atoms with Gasteiger partial charge >= 0.3 is 0 Å². The predicted octanol–water partition coefficient (Wildman–Crippen LogP) is 2.55. The minimum absolute atomic E-state index is 0.00133. The summed E-state index contributed by atoms with van der Waals surface area (Å²) in [6.07, 6.45) is 4.54. The topological polar surface area (TPSA) is 57.7 Å². The average molecular weight is 336 g/mol. The van der Waals surface area contributed by atoms with Gasteiger partial charge in [-0.3, -0.25) is 4.79 Å². The second-order valence-electron chi connectivity index (χ2n) is 6.38. The lowest BCUT2D eigenvalue weighted by atomic mass is 10.0. The van der Waals surface area contributed by atoms with Crippen molar-refractivity contribution in [2.45, 2.75) is 56.9 Å². The van der Waals surface area contributed by atoms with Crippen molar-refractivity contribution in [3.8, 4) is 0 Å². The Morgan fingerprint density at radius 1 is 1.26 bits per heavy atom. The summed E-state index contributed by atoms with van der Waals surface area (Å²) in [5, 5.41) is 0. The Morgan fingerprint density at radius 2 is 2.04 bits per heavy atom. The maximum Gasteiger partial charge on any atom is 0.243 e. The van der Waals surface area contributed by atoms with Crippen LogP contribution in [-0.4, -0.2) is 37.8 Å². The third-order valence-corrected chi connectivity index (χ3v) is 6.93. The van der Waals surface area contributed by atoms with Crippen LogP contribution in [0.1, 0.15) is 45.1 Å². The SMILES string of the molecule is CC[C@H]1CCCCN1S(=O)(=O)c1ccc2c(c1)CCN2C(C)=O. The summed E-state index contributed by atoms with van der Waals surface area (Å²) in [6, 6.07) is 5.29. The standard InChI is InChI=1S/C17H24N2O3S/c1-3-15-6-4-5-10-19(15)23(21,22)16-7-8-17-14(12-16)9-11-18(17)13(2)20/h7-8,12,15H,3-6,9-11H2,1-2H3/t15-/m0/s1. The van der Waals surface area contributed by atoms with Gasteiger partial charge in [0, 0.05) is 31.7 Å². The fourth-order valence-corrected chi connectivity index (χ4v) is 5.52. The number of carbonyl (C=O) groups is 1. The molecule has 0 aromatic heterocycles. The molecular formula is C17H24N2O3S. The van der Waals surface area contributed by atoms with E-state index in [-0.39, 0.29) is 11.9 Å². The molecule has 0 bridgehead atoms. The number of amides is 1. The lowest BCUT2D eigenvalue weighted by molar-refractivity contribution is -0.116. The van der Waals surface area contributed by atoms with Gasteiger partial charge in [0.05, 0.1) is 4.90 Å². The van der Waals surface area contributed by atoms with Gasteiger partial charge in [-0.05, 0) is 49.4 Å². The fourth-order valence-electron chi connectivity index (χ4n) is 3.70. The predicted molar refractivity (Wildman–Crippen MR) is 90.0 cm³/mol. The van der Waals surface area contributed by atoms with E-state index in [1.54, 1.807) is 34.3 Å². The zero-order valence-corrected chi connectivity index (χ0v) is 14.6. The Kier molecular flexibility index (Phi) is 4.47. The number of rotatable bonds is 3. The maximum atomic E-state index is 13.0. The molecule has 6 heteroatoms. The highest BCUT2D eigenvalue weighted by Gasteiger charge is 2.33. The molecule has 0 spiro atoms. The number of piperidine rings is 1.